The van der Waals surface area contributed by atoms with Crippen LogP contribution in [0.1, 0.15) is 26.3 Å². The average molecular weight is 507 g/mol. The van der Waals surface area contributed by atoms with Crippen LogP contribution < -0.4 is 5.14 Å². The fraction of sp³-hybridized carbons (Fsp3) is 0.533. The van der Waals surface area contributed by atoms with Gasteiger partial charge in [-0.05, 0) is 25.0 Å². The first-order chi connectivity index (χ1) is 11.5. The molecular weight excluding hydrogens is 485 g/mol. The third-order valence-corrected chi connectivity index (χ3v) is 6.59. The van der Waals surface area contributed by atoms with Crippen LogP contribution in [0.15, 0.2) is 22.0 Å². The van der Waals surface area contributed by atoms with Crippen molar-refractivity contribution in [1.82, 2.24) is 4.90 Å². The first-order valence-electron chi connectivity index (χ1n) is 7.70. The average Bonchev–Trinajstić information content (AvgIpc) is 2.80. The Bertz CT molecular complexity index is 806. The van der Waals surface area contributed by atoms with Crippen molar-refractivity contribution in [1.29, 1.82) is 0 Å². The number of hydrogen-bond donors (Lipinski definition) is 2. The molecule has 0 bridgehead atoms. The molecule has 1 saturated heterocycles. The van der Waals surface area contributed by atoms with Gasteiger partial charge in [0.25, 0.3) is 0 Å². The first-order valence-corrected chi connectivity index (χ1v) is 11.0. The van der Waals surface area contributed by atoms with E-state index >= 15 is 0 Å². The molecule has 1 unspecified atom stereocenters. The predicted molar refractivity (Wildman–Crippen MR) is 114 cm³/mol. The Morgan fingerprint density at radius 2 is 2.00 bits per heavy atom. The minimum Gasteiger partial charge on any atom is -0.366 e. The number of amidine groups is 1. The second-order valence-electron chi connectivity index (χ2n) is 6.17. The molecule has 1 aromatic carbocycles. The highest BCUT2D eigenvalue weighted by atomic mass is 79.9. The van der Waals surface area contributed by atoms with E-state index in [-0.39, 0.29) is 43.2 Å². The van der Waals surface area contributed by atoms with Crippen molar-refractivity contribution in [3.63, 3.8) is 0 Å². The van der Waals surface area contributed by atoms with Crippen LogP contribution in [0.4, 0.5) is 0 Å². The summed E-state index contributed by atoms with van der Waals surface area (Å²) >= 11 is 13.6. The number of aliphatic imine (C=N–C) groups is 1. The molecule has 3 N–H and O–H groups in total. The van der Waals surface area contributed by atoms with Gasteiger partial charge in [0, 0.05) is 18.7 Å². The number of primary sulfonamides is 1. The van der Waals surface area contributed by atoms with Gasteiger partial charge in [0.05, 0.1) is 15.8 Å². The fourth-order valence-electron chi connectivity index (χ4n) is 2.54. The predicted octanol–water partition coefficient (Wildman–Crippen LogP) is 3.44. The molecule has 26 heavy (non-hydrogen) atoms. The summed E-state index contributed by atoms with van der Waals surface area (Å²) in [5, 5.41) is 17.3. The Balaban J connectivity index is 0.00000338. The Morgan fingerprint density at radius 3 is 2.50 bits per heavy atom. The van der Waals surface area contributed by atoms with Crippen molar-refractivity contribution in [2.24, 2.45) is 16.0 Å². The lowest BCUT2D eigenvalue weighted by Gasteiger charge is -2.34. The van der Waals surface area contributed by atoms with E-state index in [2.05, 4.69) is 18.8 Å². The summed E-state index contributed by atoms with van der Waals surface area (Å²) in [5.41, 5.74) is -1.25. The zero-order valence-electron chi connectivity index (χ0n) is 14.6. The summed E-state index contributed by atoms with van der Waals surface area (Å²) in [4.78, 5) is 5.99. The van der Waals surface area contributed by atoms with E-state index in [1.54, 1.807) is 4.90 Å². The van der Waals surface area contributed by atoms with Gasteiger partial charge in [-0.2, -0.15) is 0 Å². The van der Waals surface area contributed by atoms with E-state index in [0.717, 1.165) is 0 Å². The molecule has 2 rings (SSSR count). The number of sulfonamides is 1. The smallest absolute Gasteiger partial charge is 0.239 e. The quantitative estimate of drug-likeness (QED) is 0.637. The number of thioether (sulfide) groups is 1. The monoisotopic (exact) mass is 505 g/mol. The molecule has 0 aliphatic carbocycles. The lowest BCUT2D eigenvalue weighted by Crippen LogP contribution is -2.45. The minimum absolute atomic E-state index is 0. The molecule has 0 spiro atoms. The summed E-state index contributed by atoms with van der Waals surface area (Å²) in [6.45, 7) is 7.10. The normalized spacial score (nSPS) is 22.2. The Hall–Kier alpha value is -0.0300. The molecule has 0 radical (unpaired) electrons. The highest BCUT2D eigenvalue weighted by molar-refractivity contribution is 8.93. The van der Waals surface area contributed by atoms with Crippen LogP contribution in [-0.4, -0.2) is 42.4 Å². The maximum absolute atomic E-state index is 11.8. The summed E-state index contributed by atoms with van der Waals surface area (Å²) < 4.78 is 23.5. The maximum Gasteiger partial charge on any atom is 0.239 e. The van der Waals surface area contributed by atoms with E-state index in [9.17, 15) is 13.5 Å². The lowest BCUT2D eigenvalue weighted by atomic mass is 10.0. The van der Waals surface area contributed by atoms with E-state index in [1.807, 2.05) is 6.92 Å². The lowest BCUT2D eigenvalue weighted by molar-refractivity contribution is -0.0454. The number of nitrogens with two attached hydrogens (primary N) is 1. The second kappa shape index (κ2) is 8.98. The molecule has 1 aromatic rings. The van der Waals surface area contributed by atoms with Gasteiger partial charge in [-0.1, -0.05) is 48.8 Å². The van der Waals surface area contributed by atoms with Gasteiger partial charge < -0.3 is 10.0 Å². The largest absolute Gasteiger partial charge is 0.366 e. The number of aliphatic hydroxyl groups is 1. The standard InChI is InChI=1S/C15H21Cl2N3O3S2.BrH/c1-4-20-14(19-7-9(2)3)24-8-15(20,21)10-5-13(25(18,22)23)12(17)6-11(10)16;/h5-6,9,21H,4,7-8H2,1-3H3,(H2,18,22,23);1H. The Labute approximate surface area is 179 Å². The fourth-order valence-corrected chi connectivity index (χ4v) is 5.26. The summed E-state index contributed by atoms with van der Waals surface area (Å²) in [6, 6.07) is 2.53. The Kier molecular flexibility index (Phi) is 8.29. The highest BCUT2D eigenvalue weighted by Gasteiger charge is 2.45. The molecular formula is C15H22BrCl2N3O3S2. The van der Waals surface area contributed by atoms with Crippen LogP contribution in [0.25, 0.3) is 0 Å². The van der Waals surface area contributed by atoms with Crippen LogP contribution in [0.3, 0.4) is 0 Å². The number of benzene rings is 1. The molecule has 148 valence electrons. The molecule has 6 nitrogen and oxygen atoms in total. The SMILES string of the molecule is Br.CCN1C(=NCC(C)C)SCC1(O)c1cc(S(N)(=O)=O)c(Cl)cc1Cl. The van der Waals surface area contributed by atoms with Crippen molar-refractivity contribution < 1.29 is 13.5 Å². The molecule has 1 fully saturated rings. The molecule has 1 heterocycles. The van der Waals surface area contributed by atoms with Gasteiger partial charge >= 0.3 is 0 Å². The molecule has 0 aromatic heterocycles. The number of rotatable bonds is 5. The van der Waals surface area contributed by atoms with Gasteiger partial charge in [-0.15, -0.1) is 17.0 Å². The second-order valence-corrected chi connectivity index (χ2v) is 9.46. The van der Waals surface area contributed by atoms with Crippen LogP contribution in [0, 0.1) is 5.92 Å². The summed E-state index contributed by atoms with van der Waals surface area (Å²) in [5.74, 6) is 0.650. The highest BCUT2D eigenvalue weighted by Crippen LogP contribution is 2.43. The van der Waals surface area contributed by atoms with E-state index < -0.39 is 15.7 Å². The third kappa shape index (κ3) is 4.87. The molecule has 1 aliphatic rings. The van der Waals surface area contributed by atoms with Gasteiger partial charge in [-0.3, -0.25) is 4.99 Å². The molecule has 1 aliphatic heterocycles. The van der Waals surface area contributed by atoms with E-state index in [4.69, 9.17) is 28.3 Å². The molecule has 1 atom stereocenters. The summed E-state index contributed by atoms with van der Waals surface area (Å²) in [7, 11) is -4.05. The van der Waals surface area contributed by atoms with E-state index in [1.165, 1.54) is 23.9 Å². The van der Waals surface area contributed by atoms with Crippen molar-refractivity contribution in [3.05, 3.63) is 27.7 Å². The zero-order valence-corrected chi connectivity index (χ0v) is 19.4. The maximum atomic E-state index is 11.8. The van der Waals surface area contributed by atoms with Crippen LogP contribution in [0.2, 0.25) is 10.0 Å². The van der Waals surface area contributed by atoms with Crippen LogP contribution in [-0.2, 0) is 15.7 Å². The Morgan fingerprint density at radius 1 is 1.38 bits per heavy atom. The van der Waals surface area contributed by atoms with Gasteiger partial charge in [0.1, 0.15) is 4.90 Å². The zero-order chi connectivity index (χ0) is 19.0. The van der Waals surface area contributed by atoms with Crippen molar-refractivity contribution in [2.75, 3.05) is 18.8 Å². The van der Waals surface area contributed by atoms with Crippen molar-refractivity contribution >= 4 is 67.1 Å². The topological polar surface area (TPSA) is 96.0 Å². The number of halogens is 3. The van der Waals surface area contributed by atoms with E-state index in [0.29, 0.717) is 24.2 Å². The first kappa shape index (κ1) is 24.0. The van der Waals surface area contributed by atoms with Crippen molar-refractivity contribution in [2.45, 2.75) is 31.4 Å². The summed E-state index contributed by atoms with van der Waals surface area (Å²) in [6.07, 6.45) is 0. The molecule has 11 heteroatoms. The molecule has 0 amide bonds. The minimum atomic E-state index is -4.05. The van der Waals surface area contributed by atoms with Gasteiger partial charge in [0.2, 0.25) is 10.0 Å². The van der Waals surface area contributed by atoms with Crippen molar-refractivity contribution in [3.8, 4) is 0 Å². The van der Waals surface area contributed by atoms with Gasteiger partial charge in [0.15, 0.2) is 10.9 Å². The molecule has 0 saturated carbocycles. The number of hydrogen-bond acceptors (Lipinski definition) is 5. The van der Waals surface area contributed by atoms with Gasteiger partial charge in [-0.25, -0.2) is 13.6 Å². The number of nitrogens with zero attached hydrogens (tertiary/aromatic N) is 2. The third-order valence-electron chi connectivity index (χ3n) is 3.75. The van der Waals surface area contributed by atoms with Crippen LogP contribution >= 0.6 is 51.9 Å². The van der Waals surface area contributed by atoms with Crippen LogP contribution in [0.5, 0.6) is 0 Å².